The number of benzene rings is 1. The highest BCUT2D eigenvalue weighted by Crippen LogP contribution is 2.20. The fourth-order valence-corrected chi connectivity index (χ4v) is 1.52. The molecule has 1 aromatic rings. The van der Waals surface area contributed by atoms with Gasteiger partial charge in [-0.3, -0.25) is 4.90 Å². The molecule has 2 amide bonds. The summed E-state index contributed by atoms with van der Waals surface area (Å²) in [6.07, 6.45) is 0.785. The number of carboxylic acid groups (broad SMARTS) is 1. The summed E-state index contributed by atoms with van der Waals surface area (Å²) >= 11 is 0. The molecule has 0 unspecified atom stereocenters. The van der Waals surface area contributed by atoms with E-state index in [1.807, 2.05) is 20.8 Å². The molecule has 0 radical (unpaired) electrons. The molecule has 1 aromatic carbocycles. The number of aromatic carboxylic acids is 1. The minimum atomic E-state index is -1.05. The van der Waals surface area contributed by atoms with Gasteiger partial charge in [-0.25, -0.2) is 9.59 Å². The van der Waals surface area contributed by atoms with Gasteiger partial charge in [-0.05, 0) is 32.4 Å². The Kier molecular flexibility index (Phi) is 4.53. The normalized spacial score (nSPS) is 10.9. The first-order valence-corrected chi connectivity index (χ1v) is 6.16. The van der Waals surface area contributed by atoms with E-state index in [9.17, 15) is 9.59 Å². The van der Waals surface area contributed by atoms with Crippen molar-refractivity contribution in [1.29, 1.82) is 0 Å². The van der Waals surface area contributed by atoms with Crippen molar-refractivity contribution in [3.05, 3.63) is 29.8 Å². The van der Waals surface area contributed by atoms with Crippen molar-refractivity contribution in [2.75, 3.05) is 11.9 Å². The van der Waals surface area contributed by atoms with Crippen LogP contribution >= 0.6 is 0 Å². The highest BCUT2D eigenvalue weighted by atomic mass is 16.4. The number of hydrogen-bond acceptors (Lipinski definition) is 2. The zero-order valence-corrected chi connectivity index (χ0v) is 11.7. The van der Waals surface area contributed by atoms with Crippen LogP contribution in [0.2, 0.25) is 0 Å². The van der Waals surface area contributed by atoms with E-state index in [4.69, 9.17) is 5.11 Å². The Balaban J connectivity index is 2.98. The summed E-state index contributed by atoms with van der Waals surface area (Å²) in [5.74, 6) is -1.05. The van der Waals surface area contributed by atoms with E-state index in [1.54, 1.807) is 25.2 Å². The van der Waals surface area contributed by atoms with E-state index in [2.05, 4.69) is 5.32 Å². The van der Waals surface area contributed by atoms with Crippen LogP contribution in [0.3, 0.4) is 0 Å². The molecular formula is C14H20N2O3. The zero-order valence-electron chi connectivity index (χ0n) is 11.7. The van der Waals surface area contributed by atoms with Crippen molar-refractivity contribution < 1.29 is 14.7 Å². The van der Waals surface area contributed by atoms with Crippen LogP contribution in [-0.4, -0.2) is 29.7 Å². The number of anilines is 1. The van der Waals surface area contributed by atoms with Crippen LogP contribution in [0.25, 0.3) is 0 Å². The second-order valence-corrected chi connectivity index (χ2v) is 5.05. The third kappa shape index (κ3) is 3.71. The molecule has 5 heteroatoms. The Morgan fingerprint density at radius 1 is 1.32 bits per heavy atom. The highest BCUT2D eigenvalue weighted by Gasteiger charge is 2.23. The van der Waals surface area contributed by atoms with Gasteiger partial charge in [0.25, 0.3) is 0 Å². The maximum absolute atomic E-state index is 12.1. The summed E-state index contributed by atoms with van der Waals surface area (Å²) in [5, 5.41) is 12.0. The number of hydrogen-bond donors (Lipinski definition) is 2. The molecule has 0 bridgehead atoms. The molecule has 19 heavy (non-hydrogen) atoms. The lowest BCUT2D eigenvalue weighted by molar-refractivity contribution is 0.0697. The SMILES string of the molecule is CCC(C)(C)NC(=O)N(C)c1ccccc1C(=O)O. The van der Waals surface area contributed by atoms with Crippen LogP contribution in [0.1, 0.15) is 37.6 Å². The summed E-state index contributed by atoms with van der Waals surface area (Å²) in [7, 11) is 1.56. The molecule has 0 aliphatic rings. The summed E-state index contributed by atoms with van der Waals surface area (Å²) in [5.41, 5.74) is 0.151. The number of nitrogens with one attached hydrogen (secondary N) is 1. The predicted octanol–water partition coefficient (Wildman–Crippen LogP) is 2.72. The quantitative estimate of drug-likeness (QED) is 0.878. The lowest BCUT2D eigenvalue weighted by Crippen LogP contribution is -2.49. The monoisotopic (exact) mass is 264 g/mol. The predicted molar refractivity (Wildman–Crippen MR) is 74.7 cm³/mol. The summed E-state index contributed by atoms with van der Waals surface area (Å²) < 4.78 is 0. The maximum atomic E-state index is 12.1. The fraction of sp³-hybridized carbons (Fsp3) is 0.429. The Hall–Kier alpha value is -2.04. The second kappa shape index (κ2) is 5.73. The third-order valence-electron chi connectivity index (χ3n) is 3.13. The number of carbonyl (C=O) groups is 2. The van der Waals surface area contributed by atoms with Crippen LogP contribution in [0, 0.1) is 0 Å². The van der Waals surface area contributed by atoms with Crippen LogP contribution in [0.4, 0.5) is 10.5 Å². The topological polar surface area (TPSA) is 69.6 Å². The summed E-state index contributed by atoms with van der Waals surface area (Å²) in [6.45, 7) is 5.81. The van der Waals surface area contributed by atoms with Crippen molar-refractivity contribution in [3.8, 4) is 0 Å². The number of para-hydroxylation sites is 1. The first-order valence-electron chi connectivity index (χ1n) is 6.16. The highest BCUT2D eigenvalue weighted by molar-refractivity contribution is 6.01. The fourth-order valence-electron chi connectivity index (χ4n) is 1.52. The van der Waals surface area contributed by atoms with Gasteiger partial charge in [-0.15, -0.1) is 0 Å². The van der Waals surface area contributed by atoms with Gasteiger partial charge < -0.3 is 10.4 Å². The number of nitrogens with zero attached hydrogens (tertiary/aromatic N) is 1. The van der Waals surface area contributed by atoms with Crippen LogP contribution < -0.4 is 10.2 Å². The number of carbonyl (C=O) groups excluding carboxylic acids is 1. The molecule has 0 aliphatic heterocycles. The second-order valence-electron chi connectivity index (χ2n) is 5.05. The maximum Gasteiger partial charge on any atom is 0.337 e. The van der Waals surface area contributed by atoms with Crippen molar-refractivity contribution >= 4 is 17.7 Å². The van der Waals surface area contributed by atoms with E-state index in [0.29, 0.717) is 5.69 Å². The molecule has 0 fully saturated rings. The van der Waals surface area contributed by atoms with Gasteiger partial charge in [-0.1, -0.05) is 19.1 Å². The van der Waals surface area contributed by atoms with Gasteiger partial charge in [0.15, 0.2) is 0 Å². The lowest BCUT2D eigenvalue weighted by atomic mass is 10.0. The van der Waals surface area contributed by atoms with Crippen molar-refractivity contribution in [3.63, 3.8) is 0 Å². The number of carboxylic acids is 1. The Morgan fingerprint density at radius 2 is 1.89 bits per heavy atom. The van der Waals surface area contributed by atoms with Gasteiger partial charge in [0, 0.05) is 12.6 Å². The molecule has 0 heterocycles. The van der Waals surface area contributed by atoms with Crippen LogP contribution in [0.5, 0.6) is 0 Å². The minimum Gasteiger partial charge on any atom is -0.478 e. The third-order valence-corrected chi connectivity index (χ3v) is 3.13. The van der Waals surface area contributed by atoms with Gasteiger partial charge in [0.05, 0.1) is 11.3 Å². The number of rotatable bonds is 4. The average molecular weight is 264 g/mol. The van der Waals surface area contributed by atoms with Gasteiger partial charge in [0.2, 0.25) is 0 Å². The molecule has 0 saturated heterocycles. The molecule has 104 valence electrons. The largest absolute Gasteiger partial charge is 0.478 e. The molecular weight excluding hydrogens is 244 g/mol. The van der Waals surface area contributed by atoms with Crippen molar-refractivity contribution in [2.24, 2.45) is 0 Å². The van der Waals surface area contributed by atoms with E-state index < -0.39 is 5.97 Å². The van der Waals surface area contributed by atoms with Gasteiger partial charge >= 0.3 is 12.0 Å². The van der Waals surface area contributed by atoms with E-state index in [-0.39, 0.29) is 17.1 Å². The van der Waals surface area contributed by atoms with Crippen LogP contribution in [-0.2, 0) is 0 Å². The van der Waals surface area contributed by atoms with E-state index in [1.165, 1.54) is 11.0 Å². The van der Waals surface area contributed by atoms with Crippen molar-refractivity contribution in [2.45, 2.75) is 32.7 Å². The Bertz CT molecular complexity index is 483. The average Bonchev–Trinajstić information content (AvgIpc) is 2.37. The molecule has 1 rings (SSSR count). The summed E-state index contributed by atoms with van der Waals surface area (Å²) in [4.78, 5) is 24.6. The molecule has 0 spiro atoms. The Labute approximate surface area is 113 Å². The minimum absolute atomic E-state index is 0.106. The number of amides is 2. The first kappa shape index (κ1) is 15.0. The standard InChI is InChI=1S/C14H20N2O3/c1-5-14(2,3)15-13(19)16(4)11-9-7-6-8-10(11)12(17)18/h6-9H,5H2,1-4H3,(H,15,19)(H,17,18). The van der Waals surface area contributed by atoms with E-state index >= 15 is 0 Å². The molecule has 5 nitrogen and oxygen atoms in total. The molecule has 0 aliphatic carbocycles. The van der Waals surface area contributed by atoms with Crippen LogP contribution in [0.15, 0.2) is 24.3 Å². The Morgan fingerprint density at radius 3 is 2.42 bits per heavy atom. The smallest absolute Gasteiger partial charge is 0.337 e. The lowest BCUT2D eigenvalue weighted by Gasteiger charge is -2.28. The molecule has 0 aromatic heterocycles. The zero-order chi connectivity index (χ0) is 14.6. The van der Waals surface area contributed by atoms with Crippen molar-refractivity contribution in [1.82, 2.24) is 5.32 Å². The molecule has 0 atom stereocenters. The number of urea groups is 1. The van der Waals surface area contributed by atoms with E-state index in [0.717, 1.165) is 6.42 Å². The molecule has 0 saturated carbocycles. The van der Waals surface area contributed by atoms with Gasteiger partial charge in [0.1, 0.15) is 0 Å². The van der Waals surface area contributed by atoms with Gasteiger partial charge in [-0.2, -0.15) is 0 Å². The molecule has 2 N–H and O–H groups in total. The summed E-state index contributed by atoms with van der Waals surface area (Å²) in [6, 6.07) is 6.11. The first-order chi connectivity index (χ1) is 8.78.